The van der Waals surface area contributed by atoms with Gasteiger partial charge in [-0.25, -0.2) is 0 Å². The highest BCUT2D eigenvalue weighted by Crippen LogP contribution is 1.80. The van der Waals surface area contributed by atoms with Gasteiger partial charge in [-0.15, -0.1) is 0 Å². The minimum absolute atomic E-state index is 0.117. The Morgan fingerprint density at radius 1 is 1.89 bits per heavy atom. The molecule has 5 nitrogen and oxygen atoms in total. The maximum Gasteiger partial charge on any atom is 0.220 e. The van der Waals surface area contributed by atoms with Crippen LogP contribution in [0.5, 0.6) is 0 Å². The molecule has 0 spiro atoms. The molecule has 1 N–H and O–H groups in total. The molecule has 54 valence electrons. The maximum absolute atomic E-state index is 9.79. The number of nitrogens with one attached hydrogen (secondary N) is 1. The lowest BCUT2D eigenvalue weighted by atomic mass is 10.4. The first kappa shape index (κ1) is 8.32. The van der Waals surface area contributed by atoms with E-state index in [1.165, 1.54) is 7.11 Å². The molecule has 1 atom stereocenters. The molecule has 0 rings (SSSR count). The third kappa shape index (κ3) is 5.19. The highest BCUT2D eigenvalue weighted by molar-refractivity contribution is 4.48. The van der Waals surface area contributed by atoms with Crippen LogP contribution < -0.4 is 5.48 Å². The molecule has 0 aliphatic rings. The van der Waals surface area contributed by atoms with Gasteiger partial charge in [0.25, 0.3) is 0 Å². The highest BCUT2D eigenvalue weighted by Gasteiger charge is 2.06. The minimum Gasteiger partial charge on any atom is -0.305 e. The molecule has 0 aromatic rings. The number of hydrogen-bond acceptors (Lipinski definition) is 4. The molecule has 0 saturated heterocycles. The van der Waals surface area contributed by atoms with Crippen molar-refractivity contribution < 1.29 is 9.76 Å². The fraction of sp³-hybridized carbons (Fsp3) is 1.00. The number of rotatable bonds is 4. The molecule has 0 saturated carbocycles. The van der Waals surface area contributed by atoms with Crippen LogP contribution in [0.15, 0.2) is 0 Å². The zero-order valence-electron chi connectivity index (χ0n) is 5.46. The van der Waals surface area contributed by atoms with E-state index in [9.17, 15) is 10.1 Å². The van der Waals surface area contributed by atoms with Crippen LogP contribution in [-0.2, 0) is 4.84 Å². The van der Waals surface area contributed by atoms with E-state index >= 15 is 0 Å². The van der Waals surface area contributed by atoms with Crippen molar-refractivity contribution in [2.75, 3.05) is 13.7 Å². The molecular formula is C4H10N2O3. The van der Waals surface area contributed by atoms with E-state index in [1.54, 1.807) is 6.92 Å². The second kappa shape index (κ2) is 4.22. The third-order valence-corrected chi connectivity index (χ3v) is 0.742. The standard InChI is InChI=1S/C4H10N2O3/c1-4(5-9-2)3-6(7)8/h4-5H,3H2,1-2H3. The summed E-state index contributed by atoms with van der Waals surface area (Å²) in [7, 11) is 1.43. The van der Waals surface area contributed by atoms with Crippen LogP contribution in [0.1, 0.15) is 6.92 Å². The maximum atomic E-state index is 9.79. The molecule has 0 aromatic carbocycles. The molecule has 0 aliphatic carbocycles. The van der Waals surface area contributed by atoms with E-state index < -0.39 is 4.92 Å². The highest BCUT2D eigenvalue weighted by atomic mass is 16.6. The first-order chi connectivity index (χ1) is 4.16. The monoisotopic (exact) mass is 134 g/mol. The van der Waals surface area contributed by atoms with Crippen LogP contribution in [0.2, 0.25) is 0 Å². The fourth-order valence-electron chi connectivity index (χ4n) is 0.462. The first-order valence-electron chi connectivity index (χ1n) is 2.57. The van der Waals surface area contributed by atoms with Crippen molar-refractivity contribution in [2.45, 2.75) is 13.0 Å². The van der Waals surface area contributed by atoms with Gasteiger partial charge in [0.1, 0.15) is 0 Å². The third-order valence-electron chi connectivity index (χ3n) is 0.742. The summed E-state index contributed by atoms with van der Waals surface area (Å²) in [5, 5.41) is 9.79. The number of hydroxylamine groups is 1. The second-order valence-electron chi connectivity index (χ2n) is 1.74. The number of hydrogen-bond donors (Lipinski definition) is 1. The van der Waals surface area contributed by atoms with Gasteiger partial charge in [0.05, 0.1) is 13.2 Å². The second-order valence-corrected chi connectivity index (χ2v) is 1.74. The molecular weight excluding hydrogens is 124 g/mol. The predicted octanol–water partition coefficient (Wildman–Crippen LogP) is -0.197. The largest absolute Gasteiger partial charge is 0.305 e. The Kier molecular flexibility index (Phi) is 3.90. The van der Waals surface area contributed by atoms with E-state index in [0.717, 1.165) is 0 Å². The minimum atomic E-state index is -0.392. The summed E-state index contributed by atoms with van der Waals surface area (Å²) < 4.78 is 0. The Morgan fingerprint density at radius 3 is 2.78 bits per heavy atom. The molecule has 0 amide bonds. The van der Waals surface area contributed by atoms with Crippen LogP contribution >= 0.6 is 0 Å². The topological polar surface area (TPSA) is 64.4 Å². The normalized spacial score (nSPS) is 13.1. The lowest BCUT2D eigenvalue weighted by molar-refractivity contribution is -0.484. The molecule has 9 heavy (non-hydrogen) atoms. The van der Waals surface area contributed by atoms with E-state index in [4.69, 9.17) is 0 Å². The Morgan fingerprint density at radius 2 is 2.44 bits per heavy atom. The van der Waals surface area contributed by atoms with Crippen LogP contribution in [-0.4, -0.2) is 24.6 Å². The lowest BCUT2D eigenvalue weighted by Crippen LogP contribution is -2.31. The summed E-state index contributed by atoms with van der Waals surface area (Å²) in [5.41, 5.74) is 2.44. The van der Waals surface area contributed by atoms with Gasteiger partial charge in [-0.05, 0) is 6.92 Å². The summed E-state index contributed by atoms with van der Waals surface area (Å²) in [6.07, 6.45) is 0. The summed E-state index contributed by atoms with van der Waals surface area (Å²) in [6.45, 7) is 1.56. The van der Waals surface area contributed by atoms with Crippen molar-refractivity contribution in [1.82, 2.24) is 5.48 Å². The lowest BCUT2D eigenvalue weighted by Gasteiger charge is -2.04. The van der Waals surface area contributed by atoms with Gasteiger partial charge in [-0.1, -0.05) is 0 Å². The van der Waals surface area contributed by atoms with Crippen molar-refractivity contribution in [1.29, 1.82) is 0 Å². The van der Waals surface area contributed by atoms with E-state index in [1.807, 2.05) is 0 Å². The SMILES string of the molecule is CONC(C)C[N+](=O)[O-]. The van der Waals surface area contributed by atoms with Crippen LogP contribution in [0.4, 0.5) is 0 Å². The molecule has 5 heteroatoms. The van der Waals surface area contributed by atoms with Crippen molar-refractivity contribution in [3.63, 3.8) is 0 Å². The van der Waals surface area contributed by atoms with Crippen molar-refractivity contribution in [2.24, 2.45) is 0 Å². The molecule has 1 unspecified atom stereocenters. The summed E-state index contributed by atoms with van der Waals surface area (Å²) in [4.78, 5) is 13.9. The zero-order valence-corrected chi connectivity index (χ0v) is 5.46. The van der Waals surface area contributed by atoms with Crippen molar-refractivity contribution in [3.8, 4) is 0 Å². The Labute approximate surface area is 53.1 Å². The van der Waals surface area contributed by atoms with E-state index in [0.29, 0.717) is 0 Å². The molecule has 0 fully saturated rings. The Hall–Kier alpha value is -0.680. The van der Waals surface area contributed by atoms with Gasteiger partial charge in [0.2, 0.25) is 6.54 Å². The fourth-order valence-corrected chi connectivity index (χ4v) is 0.462. The van der Waals surface area contributed by atoms with Gasteiger partial charge in [0.15, 0.2) is 0 Å². The van der Waals surface area contributed by atoms with Gasteiger partial charge in [-0.2, -0.15) is 5.48 Å². The summed E-state index contributed by atoms with van der Waals surface area (Å²) >= 11 is 0. The molecule has 0 aliphatic heterocycles. The summed E-state index contributed by atoms with van der Waals surface area (Å²) in [5.74, 6) is 0. The van der Waals surface area contributed by atoms with Crippen LogP contribution in [0.3, 0.4) is 0 Å². The smallest absolute Gasteiger partial charge is 0.220 e. The van der Waals surface area contributed by atoms with Gasteiger partial charge in [0, 0.05) is 4.92 Å². The first-order valence-corrected chi connectivity index (χ1v) is 2.57. The van der Waals surface area contributed by atoms with Crippen LogP contribution in [0, 0.1) is 10.1 Å². The average Bonchev–Trinajstić information content (AvgIpc) is 1.63. The molecule has 0 heterocycles. The Bertz CT molecular complexity index is 95.8. The zero-order chi connectivity index (χ0) is 7.28. The van der Waals surface area contributed by atoms with Crippen molar-refractivity contribution in [3.05, 3.63) is 10.1 Å². The Balaban J connectivity index is 3.26. The van der Waals surface area contributed by atoms with E-state index in [2.05, 4.69) is 10.3 Å². The number of nitrogens with zero attached hydrogens (tertiary/aromatic N) is 1. The average molecular weight is 134 g/mol. The molecule has 0 radical (unpaired) electrons. The molecule has 0 aromatic heterocycles. The van der Waals surface area contributed by atoms with Gasteiger partial charge >= 0.3 is 0 Å². The van der Waals surface area contributed by atoms with Gasteiger partial charge in [-0.3, -0.25) is 10.1 Å². The molecule has 0 bridgehead atoms. The predicted molar refractivity (Wildman–Crippen MR) is 31.5 cm³/mol. The summed E-state index contributed by atoms with van der Waals surface area (Å²) in [6, 6.07) is -0.231. The number of nitro groups is 1. The van der Waals surface area contributed by atoms with Gasteiger partial charge < -0.3 is 4.84 Å². The van der Waals surface area contributed by atoms with E-state index in [-0.39, 0.29) is 12.6 Å². The quantitative estimate of drug-likeness (QED) is 0.427. The van der Waals surface area contributed by atoms with Crippen LogP contribution in [0.25, 0.3) is 0 Å². The van der Waals surface area contributed by atoms with Crippen molar-refractivity contribution >= 4 is 0 Å².